The average Bonchev–Trinajstić information content (AvgIpc) is 2.29. The summed E-state index contributed by atoms with van der Waals surface area (Å²) in [5, 5.41) is 6.35. The molecular formula is C10H13N3O. The van der Waals surface area contributed by atoms with Crippen molar-refractivity contribution in [2.45, 2.75) is 0 Å². The van der Waals surface area contributed by atoms with Crippen molar-refractivity contribution < 1.29 is 4.74 Å². The Labute approximate surface area is 83.2 Å². The largest absolute Gasteiger partial charge is 0.378 e. The van der Waals surface area contributed by atoms with E-state index in [9.17, 15) is 0 Å². The van der Waals surface area contributed by atoms with E-state index in [2.05, 4.69) is 10.1 Å². The van der Waals surface area contributed by atoms with Crippen LogP contribution in [0.3, 0.4) is 0 Å². The summed E-state index contributed by atoms with van der Waals surface area (Å²) in [6.07, 6.45) is 5.38. The second-order valence-electron chi connectivity index (χ2n) is 3.10. The van der Waals surface area contributed by atoms with Crippen LogP contribution in [0.4, 0.5) is 0 Å². The van der Waals surface area contributed by atoms with Gasteiger partial charge in [0.1, 0.15) is 0 Å². The highest BCUT2D eigenvalue weighted by Crippen LogP contribution is 1.98. The second-order valence-corrected chi connectivity index (χ2v) is 3.10. The number of aromatic nitrogens is 1. The maximum absolute atomic E-state index is 5.22. The van der Waals surface area contributed by atoms with Crippen LogP contribution in [0.15, 0.2) is 29.6 Å². The topological polar surface area (TPSA) is 37.7 Å². The third kappa shape index (κ3) is 2.53. The van der Waals surface area contributed by atoms with Crippen LogP contribution in [-0.2, 0) is 4.74 Å². The van der Waals surface area contributed by atoms with Gasteiger partial charge in [0, 0.05) is 18.0 Å². The van der Waals surface area contributed by atoms with Gasteiger partial charge in [-0.15, -0.1) is 0 Å². The van der Waals surface area contributed by atoms with E-state index in [1.54, 1.807) is 12.4 Å². The van der Waals surface area contributed by atoms with Gasteiger partial charge in [-0.05, 0) is 6.07 Å². The molecular weight excluding hydrogens is 178 g/mol. The molecule has 0 saturated carbocycles. The lowest BCUT2D eigenvalue weighted by Gasteiger charge is -2.23. The van der Waals surface area contributed by atoms with E-state index in [0.717, 1.165) is 31.9 Å². The molecule has 1 aromatic rings. The molecule has 0 atom stereocenters. The first-order chi connectivity index (χ1) is 6.95. The van der Waals surface area contributed by atoms with E-state index in [-0.39, 0.29) is 0 Å². The minimum Gasteiger partial charge on any atom is -0.378 e. The van der Waals surface area contributed by atoms with Crippen molar-refractivity contribution in [3.8, 4) is 0 Å². The summed E-state index contributed by atoms with van der Waals surface area (Å²) in [4.78, 5) is 4.01. The zero-order valence-electron chi connectivity index (χ0n) is 7.97. The minimum atomic E-state index is 0.768. The third-order valence-electron chi connectivity index (χ3n) is 2.04. The molecule has 1 aromatic heterocycles. The van der Waals surface area contributed by atoms with E-state index >= 15 is 0 Å². The van der Waals surface area contributed by atoms with Crippen LogP contribution in [-0.4, -0.2) is 42.5 Å². The number of ether oxygens (including phenoxy) is 1. The molecule has 0 N–H and O–H groups in total. The van der Waals surface area contributed by atoms with Gasteiger partial charge in [-0.3, -0.25) is 9.99 Å². The Morgan fingerprint density at radius 3 is 3.00 bits per heavy atom. The minimum absolute atomic E-state index is 0.768. The van der Waals surface area contributed by atoms with Gasteiger partial charge in [0.25, 0.3) is 0 Å². The number of hydrogen-bond donors (Lipinski definition) is 0. The molecule has 14 heavy (non-hydrogen) atoms. The lowest BCUT2D eigenvalue weighted by atomic mass is 10.3. The number of pyridine rings is 1. The van der Waals surface area contributed by atoms with Crippen molar-refractivity contribution in [2.24, 2.45) is 5.10 Å². The highest BCUT2D eigenvalue weighted by molar-refractivity contribution is 5.78. The fraction of sp³-hybridized carbons (Fsp3) is 0.400. The molecule has 0 aromatic carbocycles. The monoisotopic (exact) mass is 191 g/mol. The number of hydrazone groups is 1. The molecule has 4 nitrogen and oxygen atoms in total. The van der Waals surface area contributed by atoms with Crippen LogP contribution in [0.25, 0.3) is 0 Å². The molecule has 2 heterocycles. The first kappa shape index (κ1) is 9.15. The first-order valence-corrected chi connectivity index (χ1v) is 4.72. The number of rotatable bonds is 2. The van der Waals surface area contributed by atoms with Crippen molar-refractivity contribution in [1.82, 2.24) is 9.99 Å². The quantitative estimate of drug-likeness (QED) is 0.647. The standard InChI is InChI=1S/C10H13N3O/c1-2-10(8-11-3-1)9-12-13-4-6-14-7-5-13/h1-3,8-9H,4-7H2/b12-9+. The fourth-order valence-electron chi connectivity index (χ4n) is 1.27. The predicted molar refractivity (Wildman–Crippen MR) is 54.2 cm³/mol. The Balaban J connectivity index is 1.93. The van der Waals surface area contributed by atoms with Gasteiger partial charge in [-0.1, -0.05) is 6.07 Å². The van der Waals surface area contributed by atoms with Crippen molar-refractivity contribution in [3.63, 3.8) is 0 Å². The van der Waals surface area contributed by atoms with Gasteiger partial charge < -0.3 is 4.74 Å². The van der Waals surface area contributed by atoms with E-state index in [0.29, 0.717) is 0 Å². The van der Waals surface area contributed by atoms with Gasteiger partial charge >= 0.3 is 0 Å². The SMILES string of the molecule is C(=N\N1CCOCC1)/c1cccnc1. The van der Waals surface area contributed by atoms with Crippen LogP contribution in [0.2, 0.25) is 0 Å². The van der Waals surface area contributed by atoms with Crippen molar-refractivity contribution >= 4 is 6.21 Å². The van der Waals surface area contributed by atoms with E-state index < -0.39 is 0 Å². The first-order valence-electron chi connectivity index (χ1n) is 4.72. The lowest BCUT2D eigenvalue weighted by Crippen LogP contribution is -2.32. The Kier molecular flexibility index (Phi) is 3.08. The maximum atomic E-state index is 5.22. The summed E-state index contributed by atoms with van der Waals surface area (Å²) in [5.74, 6) is 0. The summed E-state index contributed by atoms with van der Waals surface area (Å²) in [6, 6.07) is 3.89. The van der Waals surface area contributed by atoms with Crippen LogP contribution < -0.4 is 0 Å². The number of morpholine rings is 1. The van der Waals surface area contributed by atoms with E-state index in [1.807, 2.05) is 23.4 Å². The summed E-state index contributed by atoms with van der Waals surface area (Å²) in [5.41, 5.74) is 1.03. The molecule has 0 unspecified atom stereocenters. The smallest absolute Gasteiger partial charge is 0.0659 e. The molecule has 0 aliphatic carbocycles. The summed E-state index contributed by atoms with van der Waals surface area (Å²) in [7, 11) is 0. The molecule has 1 fully saturated rings. The Morgan fingerprint density at radius 2 is 2.29 bits per heavy atom. The lowest BCUT2D eigenvalue weighted by molar-refractivity contribution is 0.0397. The summed E-state index contributed by atoms with van der Waals surface area (Å²) in [6.45, 7) is 3.28. The van der Waals surface area contributed by atoms with Crippen LogP contribution in [0, 0.1) is 0 Å². The Hall–Kier alpha value is -1.42. The van der Waals surface area contributed by atoms with Crippen LogP contribution >= 0.6 is 0 Å². The predicted octanol–water partition coefficient (Wildman–Crippen LogP) is 0.748. The molecule has 0 spiro atoms. The molecule has 1 aliphatic heterocycles. The third-order valence-corrected chi connectivity index (χ3v) is 2.04. The molecule has 4 heteroatoms. The maximum Gasteiger partial charge on any atom is 0.0659 e. The molecule has 0 radical (unpaired) electrons. The van der Waals surface area contributed by atoms with Gasteiger partial charge in [0.2, 0.25) is 0 Å². The second kappa shape index (κ2) is 4.72. The fourth-order valence-corrected chi connectivity index (χ4v) is 1.27. The normalized spacial score (nSPS) is 17.6. The highest BCUT2D eigenvalue weighted by Gasteiger charge is 2.05. The van der Waals surface area contributed by atoms with Crippen LogP contribution in [0.5, 0.6) is 0 Å². The average molecular weight is 191 g/mol. The van der Waals surface area contributed by atoms with E-state index in [1.165, 1.54) is 0 Å². The van der Waals surface area contributed by atoms with E-state index in [4.69, 9.17) is 4.74 Å². The Bertz CT molecular complexity index is 293. The van der Waals surface area contributed by atoms with Crippen molar-refractivity contribution in [1.29, 1.82) is 0 Å². The Morgan fingerprint density at radius 1 is 1.43 bits per heavy atom. The highest BCUT2D eigenvalue weighted by atomic mass is 16.5. The number of nitrogens with zero attached hydrogens (tertiary/aromatic N) is 3. The summed E-state index contributed by atoms with van der Waals surface area (Å²) < 4.78 is 5.22. The van der Waals surface area contributed by atoms with Gasteiger partial charge in [-0.2, -0.15) is 5.10 Å². The van der Waals surface area contributed by atoms with Crippen molar-refractivity contribution in [2.75, 3.05) is 26.3 Å². The van der Waals surface area contributed by atoms with Crippen molar-refractivity contribution in [3.05, 3.63) is 30.1 Å². The number of hydrogen-bond acceptors (Lipinski definition) is 4. The van der Waals surface area contributed by atoms with Crippen LogP contribution in [0.1, 0.15) is 5.56 Å². The van der Waals surface area contributed by atoms with Gasteiger partial charge in [0.05, 0.1) is 32.5 Å². The molecule has 74 valence electrons. The molecule has 0 amide bonds. The molecule has 0 bridgehead atoms. The molecule has 2 rings (SSSR count). The van der Waals surface area contributed by atoms with Gasteiger partial charge in [0.15, 0.2) is 0 Å². The summed E-state index contributed by atoms with van der Waals surface area (Å²) >= 11 is 0. The molecule has 1 saturated heterocycles. The zero-order valence-corrected chi connectivity index (χ0v) is 7.97. The molecule has 1 aliphatic rings. The zero-order chi connectivity index (χ0) is 9.64. The van der Waals surface area contributed by atoms with Gasteiger partial charge in [-0.25, -0.2) is 0 Å².